The molecule has 0 aliphatic carbocycles. The maximum absolute atomic E-state index is 5.63. The van der Waals surface area contributed by atoms with Crippen molar-refractivity contribution in [3.05, 3.63) is 18.3 Å². The molecular formula is C11H19N3. The molecule has 2 N–H and O–H groups in total. The second-order valence-electron chi connectivity index (χ2n) is 3.69. The Morgan fingerprint density at radius 2 is 2.29 bits per heavy atom. The molecule has 0 bridgehead atoms. The van der Waals surface area contributed by atoms with Crippen molar-refractivity contribution in [3.63, 3.8) is 0 Å². The number of nitrogen functional groups attached to an aromatic ring is 1. The zero-order valence-electron chi connectivity index (χ0n) is 9.20. The molecular weight excluding hydrogens is 174 g/mol. The van der Waals surface area contributed by atoms with E-state index in [4.69, 9.17) is 5.73 Å². The third kappa shape index (κ3) is 2.62. The number of hydrogen-bond donors (Lipinski definition) is 1. The minimum absolute atomic E-state index is 0.543. The lowest BCUT2D eigenvalue weighted by molar-refractivity contribution is 0.616. The van der Waals surface area contributed by atoms with Gasteiger partial charge in [-0.3, -0.25) is 0 Å². The van der Waals surface area contributed by atoms with Crippen LogP contribution >= 0.6 is 0 Å². The monoisotopic (exact) mass is 193 g/mol. The molecule has 1 heterocycles. The van der Waals surface area contributed by atoms with Crippen LogP contribution in [0.4, 0.5) is 11.5 Å². The van der Waals surface area contributed by atoms with Gasteiger partial charge in [-0.1, -0.05) is 13.3 Å². The van der Waals surface area contributed by atoms with Crippen LogP contribution in [0.15, 0.2) is 18.3 Å². The average molecular weight is 193 g/mol. The van der Waals surface area contributed by atoms with Crippen LogP contribution in [0, 0.1) is 0 Å². The lowest BCUT2D eigenvalue weighted by Gasteiger charge is -2.26. The number of nitrogens with zero attached hydrogens (tertiary/aromatic N) is 2. The molecule has 0 amide bonds. The minimum atomic E-state index is 0.543. The van der Waals surface area contributed by atoms with Gasteiger partial charge >= 0.3 is 0 Å². The van der Waals surface area contributed by atoms with Crippen LogP contribution < -0.4 is 10.6 Å². The fraction of sp³-hybridized carbons (Fsp3) is 0.545. The Kier molecular flexibility index (Phi) is 3.74. The van der Waals surface area contributed by atoms with E-state index >= 15 is 0 Å². The van der Waals surface area contributed by atoms with E-state index in [0.717, 1.165) is 5.69 Å². The van der Waals surface area contributed by atoms with E-state index in [1.54, 1.807) is 6.20 Å². The van der Waals surface area contributed by atoms with Crippen LogP contribution in [-0.4, -0.2) is 18.1 Å². The zero-order valence-corrected chi connectivity index (χ0v) is 9.20. The van der Waals surface area contributed by atoms with Crippen LogP contribution in [0.25, 0.3) is 0 Å². The van der Waals surface area contributed by atoms with E-state index in [-0.39, 0.29) is 0 Å². The molecule has 3 nitrogen and oxygen atoms in total. The van der Waals surface area contributed by atoms with Gasteiger partial charge in [-0.15, -0.1) is 0 Å². The van der Waals surface area contributed by atoms with E-state index in [1.165, 1.54) is 12.8 Å². The molecule has 0 spiro atoms. The molecule has 0 fully saturated rings. The minimum Gasteiger partial charge on any atom is -0.384 e. The second-order valence-corrected chi connectivity index (χ2v) is 3.69. The number of aromatic nitrogens is 1. The molecule has 0 radical (unpaired) electrons. The molecule has 0 saturated heterocycles. The van der Waals surface area contributed by atoms with E-state index < -0.39 is 0 Å². The van der Waals surface area contributed by atoms with Crippen molar-refractivity contribution in [1.82, 2.24) is 4.98 Å². The quantitative estimate of drug-likeness (QED) is 0.797. The lowest BCUT2D eigenvalue weighted by atomic mass is 10.1. The maximum Gasteiger partial charge on any atom is 0.125 e. The summed E-state index contributed by atoms with van der Waals surface area (Å²) >= 11 is 0. The summed E-state index contributed by atoms with van der Waals surface area (Å²) in [5, 5.41) is 0. The Morgan fingerprint density at radius 3 is 2.86 bits per heavy atom. The Balaban J connectivity index is 2.73. The van der Waals surface area contributed by atoms with Crippen molar-refractivity contribution in [3.8, 4) is 0 Å². The van der Waals surface area contributed by atoms with Crippen LogP contribution in [0.3, 0.4) is 0 Å². The Bertz CT molecular complexity index is 286. The summed E-state index contributed by atoms with van der Waals surface area (Å²) in [7, 11) is 2.09. The number of rotatable bonds is 4. The molecule has 1 rings (SSSR count). The van der Waals surface area contributed by atoms with Crippen molar-refractivity contribution in [2.45, 2.75) is 32.7 Å². The molecule has 1 atom stereocenters. The highest BCUT2D eigenvalue weighted by Gasteiger charge is 2.08. The maximum atomic E-state index is 5.63. The molecule has 1 unspecified atom stereocenters. The van der Waals surface area contributed by atoms with Crippen molar-refractivity contribution in [2.75, 3.05) is 17.7 Å². The molecule has 1 aromatic heterocycles. The average Bonchev–Trinajstić information content (AvgIpc) is 2.17. The fourth-order valence-corrected chi connectivity index (χ4v) is 1.52. The highest BCUT2D eigenvalue weighted by atomic mass is 15.1. The first-order valence-corrected chi connectivity index (χ1v) is 5.09. The number of anilines is 2. The van der Waals surface area contributed by atoms with Crippen LogP contribution in [-0.2, 0) is 0 Å². The Morgan fingerprint density at radius 1 is 1.57 bits per heavy atom. The largest absolute Gasteiger partial charge is 0.384 e. The van der Waals surface area contributed by atoms with Crippen molar-refractivity contribution in [2.24, 2.45) is 0 Å². The first-order chi connectivity index (χ1) is 6.65. The first-order valence-electron chi connectivity index (χ1n) is 5.09. The molecule has 1 aromatic rings. The molecule has 3 heteroatoms. The van der Waals surface area contributed by atoms with Gasteiger partial charge in [0.15, 0.2) is 0 Å². The number of pyridine rings is 1. The molecule has 0 aliphatic heterocycles. The zero-order chi connectivity index (χ0) is 10.6. The van der Waals surface area contributed by atoms with Crippen molar-refractivity contribution in [1.29, 1.82) is 0 Å². The molecule has 0 aromatic carbocycles. The number of nitrogens with two attached hydrogens (primary N) is 1. The third-order valence-corrected chi connectivity index (χ3v) is 2.54. The summed E-state index contributed by atoms with van der Waals surface area (Å²) in [6.07, 6.45) is 4.14. The van der Waals surface area contributed by atoms with Crippen LogP contribution in [0.2, 0.25) is 0 Å². The van der Waals surface area contributed by atoms with E-state index in [1.807, 2.05) is 12.1 Å². The van der Waals surface area contributed by atoms with Gasteiger partial charge in [-0.2, -0.15) is 0 Å². The van der Waals surface area contributed by atoms with Gasteiger partial charge in [0.2, 0.25) is 0 Å². The predicted molar refractivity (Wildman–Crippen MR) is 61.4 cm³/mol. The summed E-state index contributed by atoms with van der Waals surface area (Å²) < 4.78 is 0. The van der Waals surface area contributed by atoms with E-state index in [2.05, 4.69) is 30.8 Å². The Hall–Kier alpha value is -1.25. The van der Waals surface area contributed by atoms with Gasteiger partial charge in [0.25, 0.3) is 0 Å². The van der Waals surface area contributed by atoms with Gasteiger partial charge in [-0.05, 0) is 19.4 Å². The molecule has 0 aliphatic rings. The molecule has 14 heavy (non-hydrogen) atoms. The van der Waals surface area contributed by atoms with Gasteiger partial charge in [0.1, 0.15) is 5.82 Å². The van der Waals surface area contributed by atoms with Crippen LogP contribution in [0.5, 0.6) is 0 Å². The first kappa shape index (κ1) is 10.8. The summed E-state index contributed by atoms with van der Waals surface area (Å²) in [5.74, 6) is 0.582. The lowest BCUT2D eigenvalue weighted by Crippen LogP contribution is -2.28. The molecule has 0 saturated carbocycles. The third-order valence-electron chi connectivity index (χ3n) is 2.54. The number of hydrogen-bond acceptors (Lipinski definition) is 3. The van der Waals surface area contributed by atoms with Gasteiger partial charge in [0.05, 0.1) is 0 Å². The van der Waals surface area contributed by atoms with Gasteiger partial charge in [-0.25, -0.2) is 4.98 Å². The summed E-state index contributed by atoms with van der Waals surface area (Å²) in [4.78, 5) is 6.22. The fourth-order valence-electron chi connectivity index (χ4n) is 1.52. The standard InChI is InChI=1S/C11H19N3/c1-4-5-9(2)14(3)10-6-7-13-11(12)8-10/h6-9H,4-5H2,1-3H3,(H2,12,13). The van der Waals surface area contributed by atoms with Gasteiger partial charge in [0, 0.05) is 31.0 Å². The van der Waals surface area contributed by atoms with E-state index in [0.29, 0.717) is 11.9 Å². The SMILES string of the molecule is CCCC(C)N(C)c1ccnc(N)c1. The summed E-state index contributed by atoms with van der Waals surface area (Å²) in [5.41, 5.74) is 6.77. The Labute approximate surface area is 85.9 Å². The van der Waals surface area contributed by atoms with Crippen molar-refractivity contribution >= 4 is 11.5 Å². The summed E-state index contributed by atoms with van der Waals surface area (Å²) in [6.45, 7) is 4.42. The second kappa shape index (κ2) is 4.84. The highest BCUT2D eigenvalue weighted by Crippen LogP contribution is 2.18. The van der Waals surface area contributed by atoms with Crippen molar-refractivity contribution < 1.29 is 0 Å². The normalized spacial score (nSPS) is 12.5. The topological polar surface area (TPSA) is 42.2 Å². The van der Waals surface area contributed by atoms with E-state index in [9.17, 15) is 0 Å². The smallest absolute Gasteiger partial charge is 0.125 e. The molecule has 78 valence electrons. The predicted octanol–water partition coefficient (Wildman–Crippen LogP) is 2.29. The van der Waals surface area contributed by atoms with Gasteiger partial charge < -0.3 is 10.6 Å². The summed E-state index contributed by atoms with van der Waals surface area (Å²) in [6, 6.07) is 4.44. The highest BCUT2D eigenvalue weighted by molar-refractivity contribution is 5.51. The van der Waals surface area contributed by atoms with Crippen LogP contribution in [0.1, 0.15) is 26.7 Å².